The molecule has 0 bridgehead atoms. The zero-order valence-electron chi connectivity index (χ0n) is 8.77. The van der Waals surface area contributed by atoms with Crippen molar-refractivity contribution in [3.8, 4) is 0 Å². The highest BCUT2D eigenvalue weighted by Crippen LogP contribution is 2.14. The summed E-state index contributed by atoms with van der Waals surface area (Å²) >= 11 is 0. The van der Waals surface area contributed by atoms with Crippen molar-refractivity contribution in [3.05, 3.63) is 59.4 Å². The highest BCUT2D eigenvalue weighted by molar-refractivity contribution is 5.45. The van der Waals surface area contributed by atoms with E-state index in [2.05, 4.69) is 18.0 Å². The molecule has 1 aromatic heterocycles. The van der Waals surface area contributed by atoms with E-state index in [0.29, 0.717) is 0 Å². The summed E-state index contributed by atoms with van der Waals surface area (Å²) in [5.41, 5.74) is 10.1. The van der Waals surface area contributed by atoms with Gasteiger partial charge in [-0.1, -0.05) is 12.1 Å². The molecule has 0 saturated heterocycles. The number of nitrogens with zero attached hydrogens (tertiary/aromatic N) is 1. The molecule has 2 nitrogen and oxygen atoms in total. The third-order valence-electron chi connectivity index (χ3n) is 2.27. The fraction of sp³-hybridized carbons (Fsp3) is 0.154. The van der Waals surface area contributed by atoms with Crippen LogP contribution in [0.15, 0.2) is 42.6 Å². The number of rotatable bonds is 2. The van der Waals surface area contributed by atoms with Crippen LogP contribution in [0.25, 0.3) is 0 Å². The van der Waals surface area contributed by atoms with E-state index in [1.165, 1.54) is 11.1 Å². The van der Waals surface area contributed by atoms with E-state index < -0.39 is 0 Å². The molecule has 0 aliphatic rings. The fourth-order valence-corrected chi connectivity index (χ4v) is 1.71. The summed E-state index contributed by atoms with van der Waals surface area (Å²) in [4.78, 5) is 4.29. The molecule has 1 aromatic carbocycles. The smallest absolute Gasteiger partial charge is 0.0447 e. The van der Waals surface area contributed by atoms with Crippen molar-refractivity contribution in [2.45, 2.75) is 13.3 Å². The van der Waals surface area contributed by atoms with Gasteiger partial charge in [-0.3, -0.25) is 4.98 Å². The van der Waals surface area contributed by atoms with Gasteiger partial charge in [0, 0.05) is 24.0 Å². The Morgan fingerprint density at radius 3 is 2.73 bits per heavy atom. The number of anilines is 1. The molecule has 2 aromatic rings. The van der Waals surface area contributed by atoms with Crippen LogP contribution in [0.3, 0.4) is 0 Å². The van der Waals surface area contributed by atoms with Gasteiger partial charge in [-0.15, -0.1) is 0 Å². The number of pyridine rings is 1. The van der Waals surface area contributed by atoms with Crippen LogP contribution in [0, 0.1) is 6.92 Å². The molecule has 0 saturated carbocycles. The minimum atomic E-state index is 0.820. The van der Waals surface area contributed by atoms with Crippen LogP contribution in [-0.4, -0.2) is 4.98 Å². The van der Waals surface area contributed by atoms with Crippen LogP contribution < -0.4 is 5.73 Å². The van der Waals surface area contributed by atoms with Crippen LogP contribution in [0.4, 0.5) is 5.69 Å². The lowest BCUT2D eigenvalue weighted by Gasteiger charge is -2.04. The first-order chi connectivity index (χ1) is 7.24. The number of aryl methyl sites for hydroxylation is 1. The maximum atomic E-state index is 5.79. The number of benzene rings is 1. The monoisotopic (exact) mass is 198 g/mol. The van der Waals surface area contributed by atoms with E-state index in [9.17, 15) is 0 Å². The molecule has 76 valence electrons. The molecule has 0 fully saturated rings. The van der Waals surface area contributed by atoms with E-state index in [4.69, 9.17) is 5.73 Å². The summed E-state index contributed by atoms with van der Waals surface area (Å²) in [5.74, 6) is 0. The molecule has 0 spiro atoms. The van der Waals surface area contributed by atoms with Gasteiger partial charge >= 0.3 is 0 Å². The topological polar surface area (TPSA) is 38.9 Å². The molecule has 0 amide bonds. The molecule has 0 aliphatic heterocycles. The van der Waals surface area contributed by atoms with Crippen molar-refractivity contribution in [1.82, 2.24) is 4.98 Å². The average Bonchev–Trinajstić information content (AvgIpc) is 2.17. The first kappa shape index (κ1) is 9.71. The van der Waals surface area contributed by atoms with E-state index in [0.717, 1.165) is 17.8 Å². The Labute approximate surface area is 89.8 Å². The minimum Gasteiger partial charge on any atom is -0.399 e. The molecule has 2 heteroatoms. The first-order valence-electron chi connectivity index (χ1n) is 5.00. The Morgan fingerprint density at radius 1 is 1.20 bits per heavy atom. The summed E-state index contributed by atoms with van der Waals surface area (Å²) in [6, 6.07) is 12.1. The van der Waals surface area contributed by atoms with Crippen molar-refractivity contribution in [3.63, 3.8) is 0 Å². The molecule has 0 aliphatic carbocycles. The molecular weight excluding hydrogens is 184 g/mol. The van der Waals surface area contributed by atoms with Crippen molar-refractivity contribution in [1.29, 1.82) is 0 Å². The molecule has 0 atom stereocenters. The van der Waals surface area contributed by atoms with Crippen LogP contribution in [0.1, 0.15) is 16.8 Å². The quantitative estimate of drug-likeness (QED) is 0.753. The van der Waals surface area contributed by atoms with Crippen LogP contribution >= 0.6 is 0 Å². The van der Waals surface area contributed by atoms with E-state index >= 15 is 0 Å². The summed E-state index contributed by atoms with van der Waals surface area (Å²) in [6.07, 6.45) is 2.65. The number of nitrogens with two attached hydrogens (primary N) is 1. The van der Waals surface area contributed by atoms with Crippen LogP contribution in [0.2, 0.25) is 0 Å². The van der Waals surface area contributed by atoms with Gasteiger partial charge in [0.15, 0.2) is 0 Å². The Bertz CT molecular complexity index is 429. The summed E-state index contributed by atoms with van der Waals surface area (Å²) in [5, 5.41) is 0. The molecule has 1 heterocycles. The van der Waals surface area contributed by atoms with Crippen molar-refractivity contribution < 1.29 is 0 Å². The zero-order valence-corrected chi connectivity index (χ0v) is 8.77. The number of nitrogen functional groups attached to an aromatic ring is 1. The average molecular weight is 198 g/mol. The second kappa shape index (κ2) is 4.13. The van der Waals surface area contributed by atoms with Gasteiger partial charge < -0.3 is 5.73 Å². The van der Waals surface area contributed by atoms with Gasteiger partial charge in [0.25, 0.3) is 0 Å². The Morgan fingerprint density at radius 2 is 2.07 bits per heavy atom. The maximum Gasteiger partial charge on any atom is 0.0447 e. The second-order valence-corrected chi connectivity index (χ2v) is 3.75. The van der Waals surface area contributed by atoms with Gasteiger partial charge in [0.2, 0.25) is 0 Å². The maximum absolute atomic E-state index is 5.79. The molecule has 2 rings (SSSR count). The zero-order chi connectivity index (χ0) is 10.7. The second-order valence-electron chi connectivity index (χ2n) is 3.75. The molecule has 0 unspecified atom stereocenters. The third kappa shape index (κ3) is 2.56. The first-order valence-corrected chi connectivity index (χ1v) is 5.00. The Kier molecular flexibility index (Phi) is 2.68. The summed E-state index contributed by atoms with van der Waals surface area (Å²) in [6.45, 7) is 2.05. The fourth-order valence-electron chi connectivity index (χ4n) is 1.71. The van der Waals surface area contributed by atoms with E-state index in [1.807, 2.05) is 36.5 Å². The predicted octanol–water partition coefficient (Wildman–Crippen LogP) is 2.56. The highest BCUT2D eigenvalue weighted by Gasteiger charge is 1.98. The highest BCUT2D eigenvalue weighted by atomic mass is 14.7. The predicted molar refractivity (Wildman–Crippen MR) is 62.6 cm³/mol. The summed E-state index contributed by atoms with van der Waals surface area (Å²) in [7, 11) is 0. The molecule has 15 heavy (non-hydrogen) atoms. The van der Waals surface area contributed by atoms with Gasteiger partial charge in [-0.25, -0.2) is 0 Å². The standard InChI is InChI=1S/C13H14N2/c1-10-6-11(8-12(14)7-10)9-13-4-2-3-5-15-13/h2-8H,9,14H2,1H3. The third-order valence-corrected chi connectivity index (χ3v) is 2.27. The van der Waals surface area contributed by atoms with Gasteiger partial charge in [0.05, 0.1) is 0 Å². The minimum absolute atomic E-state index is 0.820. The van der Waals surface area contributed by atoms with Crippen molar-refractivity contribution in [2.75, 3.05) is 5.73 Å². The number of aromatic nitrogens is 1. The lowest BCUT2D eigenvalue weighted by atomic mass is 10.1. The Balaban J connectivity index is 2.25. The largest absolute Gasteiger partial charge is 0.399 e. The van der Waals surface area contributed by atoms with E-state index in [1.54, 1.807) is 0 Å². The van der Waals surface area contributed by atoms with Crippen LogP contribution in [-0.2, 0) is 6.42 Å². The van der Waals surface area contributed by atoms with Gasteiger partial charge in [0.1, 0.15) is 0 Å². The lowest BCUT2D eigenvalue weighted by molar-refractivity contribution is 1.07. The van der Waals surface area contributed by atoms with Crippen LogP contribution in [0.5, 0.6) is 0 Å². The summed E-state index contributed by atoms with van der Waals surface area (Å²) < 4.78 is 0. The van der Waals surface area contributed by atoms with Gasteiger partial charge in [-0.2, -0.15) is 0 Å². The molecule has 2 N–H and O–H groups in total. The normalized spacial score (nSPS) is 10.2. The number of hydrogen-bond acceptors (Lipinski definition) is 2. The van der Waals surface area contributed by atoms with Crippen molar-refractivity contribution >= 4 is 5.69 Å². The SMILES string of the molecule is Cc1cc(N)cc(Cc2ccccn2)c1. The Hall–Kier alpha value is -1.83. The van der Waals surface area contributed by atoms with E-state index in [-0.39, 0.29) is 0 Å². The van der Waals surface area contributed by atoms with Gasteiger partial charge in [-0.05, 0) is 42.3 Å². The lowest BCUT2D eigenvalue weighted by Crippen LogP contribution is -1.94. The molecular formula is C13H14N2. The number of hydrogen-bond donors (Lipinski definition) is 1. The molecule has 0 radical (unpaired) electrons. The van der Waals surface area contributed by atoms with Crippen molar-refractivity contribution in [2.24, 2.45) is 0 Å².